The van der Waals surface area contributed by atoms with Gasteiger partial charge in [-0.1, -0.05) is 23.7 Å². The fourth-order valence-electron chi connectivity index (χ4n) is 2.97. The first-order valence-electron chi connectivity index (χ1n) is 8.77. The Morgan fingerprint density at radius 1 is 1.10 bits per heavy atom. The van der Waals surface area contributed by atoms with Crippen LogP contribution in [0, 0.1) is 5.82 Å². The molecule has 1 heterocycles. The second-order valence-electron chi connectivity index (χ2n) is 6.70. The average Bonchev–Trinajstić information content (AvgIpc) is 3.11. The number of hydrogen-bond donors (Lipinski definition) is 2. The van der Waals surface area contributed by atoms with E-state index in [0.717, 1.165) is 6.26 Å². The first-order chi connectivity index (χ1) is 14.2. The molecule has 0 atom stereocenters. The maximum Gasteiger partial charge on any atom is 0.257 e. The highest BCUT2D eigenvalue weighted by atomic mass is 35.5. The Morgan fingerprint density at radius 2 is 1.90 bits per heavy atom. The first kappa shape index (κ1) is 20.1. The van der Waals surface area contributed by atoms with Gasteiger partial charge in [-0.05, 0) is 48.5 Å². The Morgan fingerprint density at radius 3 is 2.63 bits per heavy atom. The van der Waals surface area contributed by atoms with Gasteiger partial charge in [0.25, 0.3) is 5.91 Å². The summed E-state index contributed by atoms with van der Waals surface area (Å²) in [7, 11) is -3.48. The minimum atomic E-state index is -3.48. The minimum Gasteiger partial charge on any atom is -0.338 e. The predicted octanol–water partition coefficient (Wildman–Crippen LogP) is 4.68. The Labute approximate surface area is 176 Å². The Hall–Kier alpha value is -3.23. The third kappa shape index (κ3) is 4.05. The molecule has 0 aliphatic carbocycles. The number of amides is 1. The predicted molar refractivity (Wildman–Crippen MR) is 114 cm³/mol. The van der Waals surface area contributed by atoms with Crippen molar-refractivity contribution in [2.24, 2.45) is 0 Å². The smallest absolute Gasteiger partial charge is 0.257 e. The van der Waals surface area contributed by atoms with Crippen molar-refractivity contribution < 1.29 is 17.6 Å². The summed E-state index contributed by atoms with van der Waals surface area (Å²) in [4.78, 5) is 20.2. The molecule has 4 aromatic rings. The van der Waals surface area contributed by atoms with E-state index in [-0.39, 0.29) is 21.3 Å². The summed E-state index contributed by atoms with van der Waals surface area (Å²) < 4.78 is 37.0. The lowest BCUT2D eigenvalue weighted by Gasteiger charge is -2.08. The quantitative estimate of drug-likeness (QED) is 0.479. The van der Waals surface area contributed by atoms with E-state index in [9.17, 15) is 17.6 Å². The van der Waals surface area contributed by atoms with E-state index in [2.05, 4.69) is 15.3 Å². The van der Waals surface area contributed by atoms with E-state index in [1.54, 1.807) is 30.3 Å². The molecule has 1 aromatic heterocycles. The summed E-state index contributed by atoms with van der Waals surface area (Å²) in [6, 6.07) is 15.1. The summed E-state index contributed by atoms with van der Waals surface area (Å²) in [6.07, 6.45) is 1.06. The second kappa shape index (κ2) is 7.55. The van der Waals surface area contributed by atoms with Gasteiger partial charge in [0.15, 0.2) is 9.84 Å². The fraction of sp³-hybridized carbons (Fsp3) is 0.0476. The SMILES string of the molecule is CS(=O)(=O)c1ccc(Cl)c(C(=O)Nc2ccc3nc(-c4cccc(F)c4)[nH]c3c2)c1. The molecule has 0 spiro atoms. The molecule has 2 N–H and O–H groups in total. The van der Waals surface area contributed by atoms with Gasteiger partial charge in [0, 0.05) is 17.5 Å². The monoisotopic (exact) mass is 443 g/mol. The summed E-state index contributed by atoms with van der Waals surface area (Å²) in [5.74, 6) is -0.416. The van der Waals surface area contributed by atoms with Gasteiger partial charge in [-0.15, -0.1) is 0 Å². The van der Waals surface area contributed by atoms with Gasteiger partial charge in [-0.25, -0.2) is 17.8 Å². The lowest BCUT2D eigenvalue weighted by molar-refractivity contribution is 0.102. The van der Waals surface area contributed by atoms with Crippen LogP contribution in [0.3, 0.4) is 0 Å². The van der Waals surface area contributed by atoms with Crippen LogP contribution in [-0.4, -0.2) is 30.5 Å². The zero-order valence-electron chi connectivity index (χ0n) is 15.6. The molecule has 0 radical (unpaired) electrons. The summed E-state index contributed by atoms with van der Waals surface area (Å²) >= 11 is 6.08. The van der Waals surface area contributed by atoms with Crippen LogP contribution in [0.4, 0.5) is 10.1 Å². The van der Waals surface area contributed by atoms with Crippen molar-refractivity contribution in [2.75, 3.05) is 11.6 Å². The number of halogens is 2. The highest BCUT2D eigenvalue weighted by Gasteiger charge is 2.16. The molecular formula is C21H15ClFN3O3S. The largest absolute Gasteiger partial charge is 0.338 e. The number of carbonyl (C=O) groups excluding carboxylic acids is 1. The number of rotatable bonds is 4. The number of benzene rings is 3. The van der Waals surface area contributed by atoms with Crippen LogP contribution in [0.2, 0.25) is 5.02 Å². The fourth-order valence-corrected chi connectivity index (χ4v) is 3.82. The molecule has 4 rings (SSSR count). The van der Waals surface area contributed by atoms with E-state index in [1.807, 2.05) is 0 Å². The van der Waals surface area contributed by atoms with Crippen molar-refractivity contribution in [3.05, 3.63) is 77.1 Å². The number of H-pyrrole nitrogens is 1. The lowest BCUT2D eigenvalue weighted by Crippen LogP contribution is -2.13. The number of nitrogens with one attached hydrogen (secondary N) is 2. The van der Waals surface area contributed by atoms with E-state index in [0.29, 0.717) is 28.1 Å². The first-order valence-corrected chi connectivity index (χ1v) is 11.0. The number of aromatic amines is 1. The molecule has 0 fully saturated rings. The molecule has 9 heteroatoms. The van der Waals surface area contributed by atoms with Crippen LogP contribution in [0.15, 0.2) is 65.6 Å². The van der Waals surface area contributed by atoms with E-state index in [1.165, 1.54) is 30.3 Å². The maximum absolute atomic E-state index is 13.5. The van der Waals surface area contributed by atoms with Crippen molar-refractivity contribution in [2.45, 2.75) is 4.90 Å². The number of fused-ring (bicyclic) bond motifs is 1. The van der Waals surface area contributed by atoms with Gasteiger partial charge in [0.1, 0.15) is 11.6 Å². The van der Waals surface area contributed by atoms with Crippen LogP contribution in [0.1, 0.15) is 10.4 Å². The van der Waals surface area contributed by atoms with Crippen molar-refractivity contribution in [1.29, 1.82) is 0 Å². The molecule has 0 aliphatic rings. The molecular weight excluding hydrogens is 429 g/mol. The third-order valence-electron chi connectivity index (χ3n) is 4.45. The highest BCUT2D eigenvalue weighted by molar-refractivity contribution is 7.90. The summed E-state index contributed by atoms with van der Waals surface area (Å²) in [5.41, 5.74) is 2.39. The molecule has 152 valence electrons. The van der Waals surface area contributed by atoms with E-state index < -0.39 is 15.7 Å². The van der Waals surface area contributed by atoms with Crippen LogP contribution in [0.25, 0.3) is 22.4 Å². The normalized spacial score (nSPS) is 11.6. The molecule has 3 aromatic carbocycles. The number of imidazole rings is 1. The number of anilines is 1. The summed E-state index contributed by atoms with van der Waals surface area (Å²) in [5, 5.41) is 2.84. The Kier molecular flexibility index (Phi) is 5.05. The maximum atomic E-state index is 13.5. The second-order valence-corrected chi connectivity index (χ2v) is 9.12. The number of hydrogen-bond acceptors (Lipinski definition) is 4. The lowest BCUT2D eigenvalue weighted by atomic mass is 10.2. The zero-order valence-corrected chi connectivity index (χ0v) is 17.2. The van der Waals surface area contributed by atoms with Gasteiger partial charge < -0.3 is 10.3 Å². The van der Waals surface area contributed by atoms with Crippen molar-refractivity contribution in [3.8, 4) is 11.4 Å². The molecule has 0 bridgehead atoms. The minimum absolute atomic E-state index is 0.000745. The molecule has 0 aliphatic heterocycles. The van der Waals surface area contributed by atoms with Crippen LogP contribution in [-0.2, 0) is 9.84 Å². The van der Waals surface area contributed by atoms with Crippen molar-refractivity contribution in [3.63, 3.8) is 0 Å². The van der Waals surface area contributed by atoms with Crippen LogP contribution < -0.4 is 5.32 Å². The van der Waals surface area contributed by atoms with Gasteiger partial charge in [-0.3, -0.25) is 4.79 Å². The molecule has 0 unspecified atom stereocenters. The molecule has 6 nitrogen and oxygen atoms in total. The molecule has 0 saturated carbocycles. The number of sulfone groups is 1. The third-order valence-corrected chi connectivity index (χ3v) is 5.89. The van der Waals surface area contributed by atoms with Crippen molar-refractivity contribution >= 4 is 44.1 Å². The van der Waals surface area contributed by atoms with E-state index in [4.69, 9.17) is 11.6 Å². The van der Waals surface area contributed by atoms with Gasteiger partial charge in [0.2, 0.25) is 0 Å². The Balaban J connectivity index is 1.64. The van der Waals surface area contributed by atoms with Crippen LogP contribution in [0.5, 0.6) is 0 Å². The highest BCUT2D eigenvalue weighted by Crippen LogP contribution is 2.25. The number of nitrogens with zero attached hydrogens (tertiary/aromatic N) is 1. The summed E-state index contributed by atoms with van der Waals surface area (Å²) in [6.45, 7) is 0. The van der Waals surface area contributed by atoms with Gasteiger partial charge in [0.05, 0.1) is 26.5 Å². The van der Waals surface area contributed by atoms with Crippen molar-refractivity contribution in [1.82, 2.24) is 9.97 Å². The van der Waals surface area contributed by atoms with Gasteiger partial charge in [-0.2, -0.15) is 0 Å². The number of aromatic nitrogens is 2. The molecule has 0 saturated heterocycles. The zero-order chi connectivity index (χ0) is 21.5. The van der Waals surface area contributed by atoms with Crippen LogP contribution >= 0.6 is 11.6 Å². The molecule has 30 heavy (non-hydrogen) atoms. The topological polar surface area (TPSA) is 91.9 Å². The number of carbonyl (C=O) groups is 1. The van der Waals surface area contributed by atoms with E-state index >= 15 is 0 Å². The standard InChI is InChI=1S/C21H15ClFN3O3S/c1-30(28,29)15-6-7-17(22)16(11-15)21(27)24-14-5-8-18-19(10-14)26-20(25-18)12-3-2-4-13(23)9-12/h2-11H,1H3,(H,24,27)(H,25,26). The molecule has 1 amide bonds. The van der Waals surface area contributed by atoms with Gasteiger partial charge >= 0.3 is 0 Å². The Bertz CT molecular complexity index is 1400. The average molecular weight is 444 g/mol.